The summed E-state index contributed by atoms with van der Waals surface area (Å²) in [6.07, 6.45) is -2.37. The van der Waals surface area contributed by atoms with Gasteiger partial charge in [-0.2, -0.15) is 13.2 Å². The number of rotatable bonds is 4. The van der Waals surface area contributed by atoms with Gasteiger partial charge in [0.05, 0.1) is 16.5 Å². The van der Waals surface area contributed by atoms with Gasteiger partial charge >= 0.3 is 6.18 Å². The molecule has 2 aliphatic rings. The zero-order valence-corrected chi connectivity index (χ0v) is 21.5. The molecule has 4 aromatic rings. The Kier molecular flexibility index (Phi) is 5.42. The number of benzene rings is 1. The molecule has 2 amide bonds. The Labute approximate surface area is 222 Å². The maximum absolute atomic E-state index is 14.0. The fraction of sp³-hybridized carbons (Fsp3) is 0.320. The van der Waals surface area contributed by atoms with Crippen molar-refractivity contribution in [2.75, 3.05) is 11.1 Å². The van der Waals surface area contributed by atoms with Crippen LogP contribution in [0, 0.1) is 5.41 Å². The summed E-state index contributed by atoms with van der Waals surface area (Å²) in [5.41, 5.74) is 4.82. The minimum atomic E-state index is -4.68. The van der Waals surface area contributed by atoms with E-state index < -0.39 is 36.1 Å². The van der Waals surface area contributed by atoms with E-state index in [2.05, 4.69) is 36.2 Å². The number of halogens is 4. The number of carbonyl (C=O) groups excluding carboxylic acids is 2. The van der Waals surface area contributed by atoms with Gasteiger partial charge in [0.25, 0.3) is 0 Å². The summed E-state index contributed by atoms with van der Waals surface area (Å²) >= 11 is 3.26. The largest absolute Gasteiger partial charge is 0.418 e. The van der Waals surface area contributed by atoms with E-state index in [1.165, 1.54) is 21.6 Å². The molecule has 0 bridgehead atoms. The van der Waals surface area contributed by atoms with Crippen LogP contribution in [0.4, 0.5) is 24.8 Å². The molecule has 3 unspecified atom stereocenters. The number of nitrogens with two attached hydrogens (primary N) is 1. The summed E-state index contributed by atoms with van der Waals surface area (Å²) in [5, 5.41) is 3.20. The van der Waals surface area contributed by atoms with Crippen molar-refractivity contribution in [2.45, 2.75) is 44.6 Å². The summed E-state index contributed by atoms with van der Waals surface area (Å²) in [5.74, 6) is -0.541. The number of pyridine rings is 1. The lowest BCUT2D eigenvalue weighted by Gasteiger charge is -2.27. The van der Waals surface area contributed by atoms with Gasteiger partial charge < -0.3 is 20.5 Å². The van der Waals surface area contributed by atoms with Crippen molar-refractivity contribution < 1.29 is 22.8 Å². The van der Waals surface area contributed by atoms with Gasteiger partial charge in [0.15, 0.2) is 0 Å². The molecule has 0 spiro atoms. The molecule has 196 valence electrons. The summed E-state index contributed by atoms with van der Waals surface area (Å²) in [7, 11) is 0. The van der Waals surface area contributed by atoms with E-state index in [1.54, 1.807) is 18.2 Å². The van der Waals surface area contributed by atoms with Crippen LogP contribution >= 0.6 is 15.9 Å². The lowest BCUT2D eigenvalue weighted by molar-refractivity contribution is -0.139. The van der Waals surface area contributed by atoms with Crippen molar-refractivity contribution in [1.82, 2.24) is 24.4 Å². The summed E-state index contributed by atoms with van der Waals surface area (Å²) in [6, 6.07) is 7.84. The highest BCUT2D eigenvalue weighted by atomic mass is 79.9. The van der Waals surface area contributed by atoms with Crippen molar-refractivity contribution in [3.05, 3.63) is 52.9 Å². The monoisotopic (exact) mass is 587 g/mol. The minimum Gasteiger partial charge on any atom is -0.383 e. The molecule has 38 heavy (non-hydrogen) atoms. The first-order valence-corrected chi connectivity index (χ1v) is 12.6. The fourth-order valence-electron chi connectivity index (χ4n) is 5.64. The molecular formula is C25H21BrF3N7O2. The number of nitrogens with zero attached hydrogens (tertiary/aromatic N) is 5. The summed E-state index contributed by atoms with van der Waals surface area (Å²) < 4.78 is 43.9. The Morgan fingerprint density at radius 2 is 1.95 bits per heavy atom. The van der Waals surface area contributed by atoms with Crippen LogP contribution in [-0.2, 0) is 22.3 Å². The first-order valence-electron chi connectivity index (χ1n) is 11.8. The van der Waals surface area contributed by atoms with Gasteiger partial charge in [0.2, 0.25) is 11.8 Å². The third kappa shape index (κ3) is 3.87. The lowest BCUT2D eigenvalue weighted by Crippen LogP contribution is -2.46. The van der Waals surface area contributed by atoms with Crippen LogP contribution in [0.2, 0.25) is 0 Å². The Bertz CT molecular complexity index is 1640. The molecule has 13 heteroatoms. The number of para-hydroxylation sites is 1. The number of nitrogen functional groups attached to an aromatic ring is 1. The van der Waals surface area contributed by atoms with Gasteiger partial charge in [-0.25, -0.2) is 15.0 Å². The van der Waals surface area contributed by atoms with Crippen molar-refractivity contribution in [3.63, 3.8) is 0 Å². The quantitative estimate of drug-likeness (QED) is 0.342. The highest BCUT2D eigenvalue weighted by Crippen LogP contribution is 2.59. The molecule has 1 aromatic carbocycles. The molecule has 4 heterocycles. The number of amides is 2. The normalized spacial score (nSPS) is 22.6. The van der Waals surface area contributed by atoms with Gasteiger partial charge in [0, 0.05) is 11.4 Å². The highest BCUT2D eigenvalue weighted by Gasteiger charge is 2.64. The van der Waals surface area contributed by atoms with Crippen LogP contribution in [0.1, 0.15) is 25.3 Å². The molecule has 6 rings (SSSR count). The van der Waals surface area contributed by atoms with E-state index >= 15 is 0 Å². The SMILES string of the molecule is CC12CC(C(=O)Nc3cccc(Br)n3)N(C(=O)Cn3c4ncnc(N)c4c4cccc(C(F)(F)F)c43)C1C2. The molecule has 3 aromatic heterocycles. The van der Waals surface area contributed by atoms with E-state index in [0.29, 0.717) is 23.3 Å². The predicted octanol–water partition coefficient (Wildman–Crippen LogP) is 4.36. The molecule has 3 N–H and O–H groups in total. The molecule has 1 aliphatic carbocycles. The van der Waals surface area contributed by atoms with E-state index in [1.807, 2.05) is 6.92 Å². The average molecular weight is 588 g/mol. The van der Waals surface area contributed by atoms with Crippen molar-refractivity contribution in [2.24, 2.45) is 5.41 Å². The molecule has 9 nitrogen and oxygen atoms in total. The number of aromatic nitrogens is 4. The van der Waals surface area contributed by atoms with Crippen molar-refractivity contribution in [1.29, 1.82) is 0 Å². The Hall–Kier alpha value is -3.74. The molecule has 1 aliphatic heterocycles. The van der Waals surface area contributed by atoms with E-state index in [9.17, 15) is 22.8 Å². The smallest absolute Gasteiger partial charge is 0.383 e. The van der Waals surface area contributed by atoms with Crippen LogP contribution in [-0.4, -0.2) is 48.3 Å². The summed E-state index contributed by atoms with van der Waals surface area (Å²) in [4.78, 5) is 40.9. The van der Waals surface area contributed by atoms with Gasteiger partial charge in [-0.05, 0) is 52.4 Å². The Morgan fingerprint density at radius 1 is 1.18 bits per heavy atom. The second-order valence-electron chi connectivity index (χ2n) is 9.97. The number of hydrogen-bond donors (Lipinski definition) is 2. The molecule has 1 saturated heterocycles. The lowest BCUT2D eigenvalue weighted by atomic mass is 10.0. The second kappa shape index (κ2) is 8.38. The van der Waals surface area contributed by atoms with Gasteiger partial charge in [0.1, 0.15) is 40.8 Å². The van der Waals surface area contributed by atoms with Crippen LogP contribution in [0.25, 0.3) is 21.9 Å². The maximum Gasteiger partial charge on any atom is 0.418 e. The first-order chi connectivity index (χ1) is 18.0. The second-order valence-corrected chi connectivity index (χ2v) is 10.8. The number of nitrogens with one attached hydrogen (secondary N) is 1. The third-order valence-corrected chi connectivity index (χ3v) is 7.92. The minimum absolute atomic E-state index is 0.0141. The number of alkyl halides is 3. The predicted molar refractivity (Wildman–Crippen MR) is 137 cm³/mol. The average Bonchev–Trinajstić information content (AvgIpc) is 3.25. The van der Waals surface area contributed by atoms with Crippen LogP contribution < -0.4 is 11.1 Å². The molecular weight excluding hydrogens is 567 g/mol. The topological polar surface area (TPSA) is 119 Å². The number of fused-ring (bicyclic) bond motifs is 4. The van der Waals surface area contributed by atoms with Gasteiger partial charge in [-0.3, -0.25) is 9.59 Å². The van der Waals surface area contributed by atoms with Crippen molar-refractivity contribution in [3.8, 4) is 0 Å². The van der Waals surface area contributed by atoms with Crippen molar-refractivity contribution >= 4 is 61.3 Å². The fourth-order valence-corrected chi connectivity index (χ4v) is 5.99. The Morgan fingerprint density at radius 3 is 2.68 bits per heavy atom. The summed E-state index contributed by atoms with van der Waals surface area (Å²) in [6.45, 7) is 1.55. The molecule has 0 radical (unpaired) electrons. The first kappa shape index (κ1) is 24.6. The molecule has 2 fully saturated rings. The number of carbonyl (C=O) groups is 2. The van der Waals surface area contributed by atoms with E-state index in [4.69, 9.17) is 5.73 Å². The van der Waals surface area contributed by atoms with Crippen LogP contribution in [0.3, 0.4) is 0 Å². The van der Waals surface area contributed by atoms with E-state index in [0.717, 1.165) is 12.4 Å². The number of hydrogen-bond acceptors (Lipinski definition) is 6. The van der Waals surface area contributed by atoms with Gasteiger partial charge in [-0.15, -0.1) is 0 Å². The van der Waals surface area contributed by atoms with Crippen LogP contribution in [0.5, 0.6) is 0 Å². The standard InChI is InChI=1S/C25H21BrF3N7O2/c1-24-8-14(23(38)34-17-7-3-6-16(26)33-17)36(15(24)9-24)18(37)10-35-20-12(4-2-5-13(20)25(27,28)29)19-21(30)31-11-32-22(19)35/h2-7,11,14-15H,8-10H2,1H3,(H2,30,31,32)(H,33,34,38). The molecule has 1 saturated carbocycles. The third-order valence-electron chi connectivity index (χ3n) is 7.48. The highest BCUT2D eigenvalue weighted by molar-refractivity contribution is 9.10. The maximum atomic E-state index is 14.0. The molecule has 3 atom stereocenters. The number of piperidine rings is 1. The van der Waals surface area contributed by atoms with Gasteiger partial charge in [-0.1, -0.05) is 25.1 Å². The number of likely N-dealkylation sites (tertiary alicyclic amines) is 1. The van der Waals surface area contributed by atoms with E-state index in [-0.39, 0.29) is 39.2 Å². The number of anilines is 2. The Balaban J connectivity index is 1.40. The van der Waals surface area contributed by atoms with Crippen LogP contribution in [0.15, 0.2) is 47.3 Å². The zero-order valence-electron chi connectivity index (χ0n) is 20.0. The zero-order chi connectivity index (χ0) is 27.0.